The highest BCUT2D eigenvalue weighted by Gasteiger charge is 2.21. The quantitative estimate of drug-likeness (QED) is 0.895. The number of nitrogens with one attached hydrogen (secondary N) is 2. The summed E-state index contributed by atoms with van der Waals surface area (Å²) in [6.07, 6.45) is 0.630. The van der Waals surface area contributed by atoms with E-state index in [1.165, 1.54) is 0 Å². The highest BCUT2D eigenvalue weighted by atomic mass is 79.9. The summed E-state index contributed by atoms with van der Waals surface area (Å²) in [4.78, 5) is 11.8. The van der Waals surface area contributed by atoms with Crippen molar-refractivity contribution in [3.05, 3.63) is 34.3 Å². The van der Waals surface area contributed by atoms with Gasteiger partial charge in [0, 0.05) is 10.9 Å². The fourth-order valence-corrected chi connectivity index (χ4v) is 2.33. The normalized spacial score (nSPS) is 17.3. The zero-order chi connectivity index (χ0) is 12.3. The number of benzene rings is 1. The maximum atomic E-state index is 11.8. The fourth-order valence-electron chi connectivity index (χ4n) is 1.91. The Morgan fingerprint density at radius 2 is 2.35 bits per heavy atom. The van der Waals surface area contributed by atoms with Gasteiger partial charge in [0.1, 0.15) is 0 Å². The molecule has 4 heteroatoms. The minimum atomic E-state index is 0.0630. The van der Waals surface area contributed by atoms with Gasteiger partial charge in [0.2, 0.25) is 5.91 Å². The molecule has 1 atom stereocenters. The van der Waals surface area contributed by atoms with Gasteiger partial charge >= 0.3 is 0 Å². The van der Waals surface area contributed by atoms with E-state index in [1.807, 2.05) is 31.2 Å². The predicted octanol–water partition coefficient (Wildman–Crippen LogP) is 2.24. The van der Waals surface area contributed by atoms with E-state index in [2.05, 4.69) is 26.6 Å². The molecule has 1 aromatic carbocycles. The molecule has 17 heavy (non-hydrogen) atoms. The molecule has 0 radical (unpaired) electrons. The van der Waals surface area contributed by atoms with Crippen LogP contribution < -0.4 is 10.6 Å². The van der Waals surface area contributed by atoms with E-state index in [1.54, 1.807) is 0 Å². The molecule has 92 valence electrons. The van der Waals surface area contributed by atoms with Crippen LogP contribution in [0.5, 0.6) is 0 Å². The second-order valence-electron chi connectivity index (χ2n) is 4.57. The Balaban J connectivity index is 1.87. The third kappa shape index (κ3) is 3.54. The molecular weight excluding hydrogens is 280 g/mol. The summed E-state index contributed by atoms with van der Waals surface area (Å²) in [5.41, 5.74) is 1.12. The Morgan fingerprint density at radius 3 is 2.94 bits per heavy atom. The Hall–Kier alpha value is -0.870. The topological polar surface area (TPSA) is 41.1 Å². The average Bonchev–Trinajstić information content (AvgIpc) is 2.23. The molecule has 0 aliphatic carbocycles. The maximum absolute atomic E-state index is 11.8. The first-order chi connectivity index (χ1) is 8.15. The molecule has 1 aliphatic heterocycles. The van der Waals surface area contributed by atoms with Crippen molar-refractivity contribution in [1.29, 1.82) is 0 Å². The maximum Gasteiger partial charge on any atom is 0.220 e. The van der Waals surface area contributed by atoms with Crippen molar-refractivity contribution in [3.8, 4) is 0 Å². The van der Waals surface area contributed by atoms with Crippen molar-refractivity contribution in [2.24, 2.45) is 5.92 Å². The van der Waals surface area contributed by atoms with Gasteiger partial charge in [0.15, 0.2) is 0 Å². The van der Waals surface area contributed by atoms with E-state index in [0.29, 0.717) is 12.3 Å². The lowest BCUT2D eigenvalue weighted by Crippen LogP contribution is -2.44. The van der Waals surface area contributed by atoms with Crippen molar-refractivity contribution < 1.29 is 4.79 Å². The van der Waals surface area contributed by atoms with Crippen molar-refractivity contribution in [2.45, 2.75) is 19.4 Å². The number of rotatable bonds is 4. The van der Waals surface area contributed by atoms with Crippen LogP contribution in [0.15, 0.2) is 28.7 Å². The third-order valence-corrected chi connectivity index (χ3v) is 3.56. The van der Waals surface area contributed by atoms with E-state index in [4.69, 9.17) is 0 Å². The molecule has 1 heterocycles. The van der Waals surface area contributed by atoms with Gasteiger partial charge < -0.3 is 10.6 Å². The minimum absolute atomic E-state index is 0.0630. The molecule has 1 amide bonds. The molecule has 0 spiro atoms. The Kier molecular flexibility index (Phi) is 4.18. The number of amides is 1. The first-order valence-corrected chi connectivity index (χ1v) is 6.70. The first-order valence-electron chi connectivity index (χ1n) is 5.90. The van der Waals surface area contributed by atoms with Gasteiger partial charge in [-0.3, -0.25) is 4.79 Å². The Morgan fingerprint density at radius 1 is 1.59 bits per heavy atom. The smallest absolute Gasteiger partial charge is 0.220 e. The Labute approximate surface area is 110 Å². The van der Waals surface area contributed by atoms with Gasteiger partial charge in [-0.25, -0.2) is 0 Å². The summed E-state index contributed by atoms with van der Waals surface area (Å²) in [5, 5.41) is 6.21. The molecule has 0 aromatic heterocycles. The van der Waals surface area contributed by atoms with Gasteiger partial charge in [-0.2, -0.15) is 0 Å². The number of carbonyl (C=O) groups excluding carboxylic acids is 1. The monoisotopic (exact) mass is 296 g/mol. The van der Waals surface area contributed by atoms with Crippen molar-refractivity contribution in [2.75, 3.05) is 13.1 Å². The van der Waals surface area contributed by atoms with Crippen molar-refractivity contribution in [3.63, 3.8) is 0 Å². The summed E-state index contributed by atoms with van der Waals surface area (Å²) < 4.78 is 1.04. The molecule has 1 saturated heterocycles. The van der Waals surface area contributed by atoms with Crippen LogP contribution in [0.4, 0.5) is 0 Å². The first kappa shape index (κ1) is 12.6. The van der Waals surface area contributed by atoms with Crippen LogP contribution in [0.3, 0.4) is 0 Å². The molecule has 2 N–H and O–H groups in total. The third-order valence-electron chi connectivity index (χ3n) is 3.07. The fraction of sp³-hybridized carbons (Fsp3) is 0.462. The van der Waals surface area contributed by atoms with E-state index in [0.717, 1.165) is 23.1 Å². The summed E-state index contributed by atoms with van der Waals surface area (Å²) in [6.45, 7) is 3.95. The van der Waals surface area contributed by atoms with Crippen LogP contribution in [-0.2, 0) is 4.79 Å². The molecule has 3 nitrogen and oxygen atoms in total. The summed E-state index contributed by atoms with van der Waals surface area (Å²) in [7, 11) is 0. The van der Waals surface area contributed by atoms with Gasteiger partial charge in [-0.1, -0.05) is 28.1 Å². The summed E-state index contributed by atoms with van der Waals surface area (Å²) >= 11 is 3.44. The Bertz CT molecular complexity index is 404. The minimum Gasteiger partial charge on any atom is -0.350 e. The molecule has 0 bridgehead atoms. The molecule has 1 aliphatic rings. The standard InChI is InChI=1S/C13H17BrN2O/c1-9(11-3-2-4-12(14)6-11)16-13(17)5-10-7-15-8-10/h2-4,6,9-10,15H,5,7-8H2,1H3,(H,16,17)/t9-/m0/s1. The number of halogens is 1. The highest BCUT2D eigenvalue weighted by molar-refractivity contribution is 9.10. The van der Waals surface area contributed by atoms with Crippen LogP contribution in [-0.4, -0.2) is 19.0 Å². The van der Waals surface area contributed by atoms with Crippen LogP contribution in [0.1, 0.15) is 24.9 Å². The molecule has 0 saturated carbocycles. The molecular formula is C13H17BrN2O. The SMILES string of the molecule is C[C@H](NC(=O)CC1CNC1)c1cccc(Br)c1. The number of carbonyl (C=O) groups is 1. The molecule has 0 unspecified atom stereocenters. The van der Waals surface area contributed by atoms with Crippen molar-refractivity contribution >= 4 is 21.8 Å². The summed E-state index contributed by atoms with van der Waals surface area (Å²) in [6, 6.07) is 8.10. The van der Waals surface area contributed by atoms with Gasteiger partial charge in [0.25, 0.3) is 0 Å². The van der Waals surface area contributed by atoms with Crippen molar-refractivity contribution in [1.82, 2.24) is 10.6 Å². The van der Waals surface area contributed by atoms with Gasteiger partial charge in [-0.05, 0) is 43.6 Å². The second kappa shape index (κ2) is 5.65. The lowest BCUT2D eigenvalue weighted by molar-refractivity contribution is -0.123. The zero-order valence-electron chi connectivity index (χ0n) is 9.87. The largest absolute Gasteiger partial charge is 0.350 e. The highest BCUT2D eigenvalue weighted by Crippen LogP contribution is 2.18. The van der Waals surface area contributed by atoms with Crippen LogP contribution in [0.25, 0.3) is 0 Å². The van der Waals surface area contributed by atoms with E-state index in [-0.39, 0.29) is 11.9 Å². The van der Waals surface area contributed by atoms with E-state index in [9.17, 15) is 4.79 Å². The predicted molar refractivity (Wildman–Crippen MR) is 71.7 cm³/mol. The zero-order valence-corrected chi connectivity index (χ0v) is 11.5. The number of hydrogen-bond donors (Lipinski definition) is 2. The average molecular weight is 297 g/mol. The molecule has 1 fully saturated rings. The van der Waals surface area contributed by atoms with Gasteiger partial charge in [-0.15, -0.1) is 0 Å². The molecule has 2 rings (SSSR count). The lowest BCUT2D eigenvalue weighted by Gasteiger charge is -2.27. The van der Waals surface area contributed by atoms with Crippen LogP contribution in [0.2, 0.25) is 0 Å². The number of hydrogen-bond acceptors (Lipinski definition) is 2. The summed E-state index contributed by atoms with van der Waals surface area (Å²) in [5.74, 6) is 0.661. The second-order valence-corrected chi connectivity index (χ2v) is 5.49. The molecule has 1 aromatic rings. The van der Waals surface area contributed by atoms with Crippen LogP contribution >= 0.6 is 15.9 Å². The van der Waals surface area contributed by atoms with E-state index >= 15 is 0 Å². The van der Waals surface area contributed by atoms with E-state index < -0.39 is 0 Å². The lowest BCUT2D eigenvalue weighted by atomic mass is 9.98. The van der Waals surface area contributed by atoms with Gasteiger partial charge in [0.05, 0.1) is 6.04 Å². The van der Waals surface area contributed by atoms with Crippen LogP contribution in [0, 0.1) is 5.92 Å².